The quantitative estimate of drug-likeness (QED) is 0.707. The Morgan fingerprint density at radius 2 is 2.11 bits per heavy atom. The summed E-state index contributed by atoms with van der Waals surface area (Å²) in [5, 5.41) is 0. The number of carbonyl (C=O) groups is 1. The maximum atomic E-state index is 11.9. The molecule has 0 aliphatic carbocycles. The van der Waals surface area contributed by atoms with E-state index in [1.54, 1.807) is 0 Å². The average molecular weight is 257 g/mol. The van der Waals surface area contributed by atoms with Crippen LogP contribution in [0.1, 0.15) is 33.1 Å². The first kappa shape index (κ1) is 13.8. The van der Waals surface area contributed by atoms with Crippen molar-refractivity contribution in [3.8, 4) is 0 Å². The van der Waals surface area contributed by atoms with Crippen molar-refractivity contribution in [2.45, 2.75) is 44.9 Å². The number of piperidine rings is 1. The first-order valence-corrected chi connectivity index (χ1v) is 6.89. The maximum absolute atomic E-state index is 11.9. The van der Waals surface area contributed by atoms with Gasteiger partial charge in [0.05, 0.1) is 26.4 Å². The van der Waals surface area contributed by atoms with Crippen LogP contribution < -0.4 is 0 Å². The normalized spacial score (nSPS) is 25.2. The monoisotopic (exact) mass is 257 g/mol. The van der Waals surface area contributed by atoms with E-state index >= 15 is 0 Å². The summed E-state index contributed by atoms with van der Waals surface area (Å²) in [6.45, 7) is 7.18. The molecular formula is C13H23NO4. The number of carbonyl (C=O) groups excluding carboxylic acids is 1. The average Bonchev–Trinajstić information content (AvgIpc) is 2.79. The van der Waals surface area contributed by atoms with Gasteiger partial charge in [0, 0.05) is 6.42 Å². The van der Waals surface area contributed by atoms with Crippen molar-refractivity contribution in [1.29, 1.82) is 0 Å². The molecule has 1 atom stereocenters. The lowest BCUT2D eigenvalue weighted by Crippen LogP contribution is -2.54. The number of hydrogen-bond acceptors (Lipinski definition) is 5. The van der Waals surface area contributed by atoms with Crippen LogP contribution in [0.2, 0.25) is 0 Å². The molecule has 2 aliphatic rings. The van der Waals surface area contributed by atoms with Crippen LogP contribution in [0.5, 0.6) is 0 Å². The highest BCUT2D eigenvalue weighted by Gasteiger charge is 2.43. The third kappa shape index (κ3) is 2.84. The van der Waals surface area contributed by atoms with Gasteiger partial charge in [-0.15, -0.1) is 0 Å². The third-order valence-electron chi connectivity index (χ3n) is 3.65. The number of nitrogens with zero attached hydrogens (tertiary/aromatic N) is 1. The minimum absolute atomic E-state index is 0.130. The van der Waals surface area contributed by atoms with E-state index in [1.807, 2.05) is 13.8 Å². The molecular weight excluding hydrogens is 234 g/mol. The molecule has 1 spiro atoms. The molecule has 0 saturated carbocycles. The molecule has 104 valence electrons. The van der Waals surface area contributed by atoms with Crippen molar-refractivity contribution in [3.63, 3.8) is 0 Å². The smallest absolute Gasteiger partial charge is 0.323 e. The summed E-state index contributed by atoms with van der Waals surface area (Å²) in [6.07, 6.45) is 2.67. The van der Waals surface area contributed by atoms with Crippen LogP contribution in [0.4, 0.5) is 0 Å². The van der Waals surface area contributed by atoms with Crippen molar-refractivity contribution >= 4 is 5.97 Å². The van der Waals surface area contributed by atoms with Crippen LogP contribution in [0.15, 0.2) is 0 Å². The fraction of sp³-hybridized carbons (Fsp3) is 0.923. The number of hydrogen-bond donors (Lipinski definition) is 0. The van der Waals surface area contributed by atoms with Gasteiger partial charge in [-0.2, -0.15) is 0 Å². The van der Waals surface area contributed by atoms with Crippen LogP contribution in [-0.2, 0) is 19.0 Å². The zero-order valence-corrected chi connectivity index (χ0v) is 11.3. The van der Waals surface area contributed by atoms with E-state index < -0.39 is 5.79 Å². The third-order valence-corrected chi connectivity index (χ3v) is 3.65. The Bertz CT molecular complexity index is 289. The fourth-order valence-electron chi connectivity index (χ4n) is 2.83. The van der Waals surface area contributed by atoms with Gasteiger partial charge >= 0.3 is 5.97 Å². The predicted octanol–water partition coefficient (Wildman–Crippen LogP) is 1.17. The zero-order valence-electron chi connectivity index (χ0n) is 11.3. The Hall–Kier alpha value is -0.650. The maximum Gasteiger partial charge on any atom is 0.323 e. The molecule has 0 aromatic heterocycles. The molecule has 2 rings (SSSR count). The second-order valence-corrected chi connectivity index (χ2v) is 4.86. The van der Waals surface area contributed by atoms with Gasteiger partial charge in [0.1, 0.15) is 6.04 Å². The second-order valence-electron chi connectivity index (χ2n) is 4.86. The van der Waals surface area contributed by atoms with E-state index in [-0.39, 0.29) is 12.0 Å². The van der Waals surface area contributed by atoms with Gasteiger partial charge in [-0.3, -0.25) is 9.69 Å². The van der Waals surface area contributed by atoms with Gasteiger partial charge in [-0.25, -0.2) is 0 Å². The molecule has 0 amide bonds. The molecule has 5 heteroatoms. The summed E-state index contributed by atoms with van der Waals surface area (Å²) in [5.74, 6) is -0.604. The molecule has 1 unspecified atom stereocenters. The number of rotatable bonds is 4. The molecule has 2 saturated heterocycles. The molecule has 0 radical (unpaired) electrons. The Morgan fingerprint density at radius 3 is 2.72 bits per heavy atom. The van der Waals surface area contributed by atoms with Crippen molar-refractivity contribution in [3.05, 3.63) is 0 Å². The lowest BCUT2D eigenvalue weighted by Gasteiger charge is -2.41. The van der Waals surface area contributed by atoms with E-state index in [9.17, 15) is 4.79 Å². The lowest BCUT2D eigenvalue weighted by molar-refractivity contribution is -0.197. The first-order valence-electron chi connectivity index (χ1n) is 6.89. The minimum Gasteiger partial charge on any atom is -0.465 e. The highest BCUT2D eigenvalue weighted by Crippen LogP contribution is 2.31. The van der Waals surface area contributed by atoms with E-state index in [1.165, 1.54) is 0 Å². The molecule has 0 N–H and O–H groups in total. The summed E-state index contributed by atoms with van der Waals surface area (Å²) in [4.78, 5) is 14.1. The van der Waals surface area contributed by atoms with Crippen LogP contribution in [0, 0.1) is 0 Å². The summed E-state index contributed by atoms with van der Waals surface area (Å²) in [7, 11) is 0. The highest BCUT2D eigenvalue weighted by atomic mass is 16.7. The summed E-state index contributed by atoms with van der Waals surface area (Å²) in [5.41, 5.74) is 0. The van der Waals surface area contributed by atoms with Gasteiger partial charge in [0.25, 0.3) is 0 Å². The van der Waals surface area contributed by atoms with Crippen molar-refractivity contribution in [1.82, 2.24) is 4.90 Å². The van der Waals surface area contributed by atoms with Gasteiger partial charge in [0.15, 0.2) is 5.79 Å². The van der Waals surface area contributed by atoms with E-state index in [0.29, 0.717) is 26.4 Å². The molecule has 0 aromatic rings. The lowest BCUT2D eigenvalue weighted by atomic mass is 10.0. The molecule has 5 nitrogen and oxygen atoms in total. The van der Waals surface area contributed by atoms with E-state index in [2.05, 4.69) is 4.90 Å². The molecule has 2 fully saturated rings. The molecule has 0 aromatic carbocycles. The number of esters is 1. The van der Waals surface area contributed by atoms with E-state index in [4.69, 9.17) is 14.2 Å². The minimum atomic E-state index is -0.474. The Balaban J connectivity index is 1.99. The summed E-state index contributed by atoms with van der Waals surface area (Å²) >= 11 is 0. The van der Waals surface area contributed by atoms with Gasteiger partial charge in [-0.1, -0.05) is 6.92 Å². The van der Waals surface area contributed by atoms with Crippen molar-refractivity contribution in [2.75, 3.05) is 32.9 Å². The molecule has 0 bridgehead atoms. The largest absolute Gasteiger partial charge is 0.465 e. The predicted molar refractivity (Wildman–Crippen MR) is 66.2 cm³/mol. The van der Waals surface area contributed by atoms with Crippen LogP contribution >= 0.6 is 0 Å². The van der Waals surface area contributed by atoms with E-state index in [0.717, 1.165) is 25.8 Å². The SMILES string of the molecule is CCOC(=O)C(CC)N1CCCC2(C1)OCCO2. The standard InChI is InChI=1S/C13H23NO4/c1-3-11(12(15)16-4-2)14-7-5-6-13(10-14)17-8-9-18-13/h11H,3-10H2,1-2H3. The van der Waals surface area contributed by atoms with Crippen molar-refractivity contribution < 1.29 is 19.0 Å². The Labute approximate surface area is 108 Å². The van der Waals surface area contributed by atoms with Gasteiger partial charge in [0.2, 0.25) is 0 Å². The zero-order chi connectivity index (χ0) is 13.0. The van der Waals surface area contributed by atoms with Crippen LogP contribution in [0.25, 0.3) is 0 Å². The summed E-state index contributed by atoms with van der Waals surface area (Å²) in [6, 6.07) is -0.171. The Kier molecular flexibility index (Phi) is 4.59. The fourth-order valence-corrected chi connectivity index (χ4v) is 2.83. The number of likely N-dealkylation sites (tertiary alicyclic amines) is 1. The van der Waals surface area contributed by atoms with Gasteiger partial charge < -0.3 is 14.2 Å². The summed E-state index contributed by atoms with van der Waals surface area (Å²) < 4.78 is 16.6. The first-order chi connectivity index (χ1) is 8.71. The molecule has 18 heavy (non-hydrogen) atoms. The van der Waals surface area contributed by atoms with Crippen LogP contribution in [0.3, 0.4) is 0 Å². The highest BCUT2D eigenvalue weighted by molar-refractivity contribution is 5.75. The van der Waals surface area contributed by atoms with Crippen molar-refractivity contribution in [2.24, 2.45) is 0 Å². The molecule has 2 heterocycles. The van der Waals surface area contributed by atoms with Crippen LogP contribution in [-0.4, -0.2) is 55.6 Å². The van der Waals surface area contributed by atoms with Gasteiger partial charge in [-0.05, 0) is 26.3 Å². The molecule has 2 aliphatic heterocycles. The number of ether oxygens (including phenoxy) is 3. The Morgan fingerprint density at radius 1 is 1.39 bits per heavy atom. The second kappa shape index (κ2) is 5.99. The topological polar surface area (TPSA) is 48.0 Å².